The highest BCUT2D eigenvalue weighted by molar-refractivity contribution is 9.10. The molecule has 1 amide bonds. The zero-order valence-corrected chi connectivity index (χ0v) is 14.2. The predicted octanol–water partition coefficient (Wildman–Crippen LogP) is 3.98. The minimum atomic E-state index is -0.173. The summed E-state index contributed by atoms with van der Waals surface area (Å²) in [6.45, 7) is 7.68. The lowest BCUT2D eigenvalue weighted by molar-refractivity contribution is 0.102. The minimum Gasteiger partial charge on any atom is -0.321 e. The molecule has 0 radical (unpaired) electrons. The molecule has 1 aromatic heterocycles. The van der Waals surface area contributed by atoms with E-state index in [2.05, 4.69) is 38.1 Å². The van der Waals surface area contributed by atoms with Crippen molar-refractivity contribution < 1.29 is 4.79 Å². The third kappa shape index (κ3) is 3.47. The van der Waals surface area contributed by atoms with Crippen molar-refractivity contribution in [1.82, 2.24) is 9.97 Å². The summed E-state index contributed by atoms with van der Waals surface area (Å²) < 4.78 is 1.02. The number of aryl methyl sites for hydroxylation is 4. The Kier molecular flexibility index (Phi) is 4.73. The van der Waals surface area contributed by atoms with Gasteiger partial charge in [-0.15, -0.1) is 0 Å². The SMILES string of the molecule is CCc1cc(Br)cc(C)c1NC(=O)c1cnc(C)nc1C. The van der Waals surface area contributed by atoms with E-state index < -0.39 is 0 Å². The summed E-state index contributed by atoms with van der Waals surface area (Å²) in [6, 6.07) is 4.02. The fourth-order valence-electron chi connectivity index (χ4n) is 2.26. The van der Waals surface area contributed by atoms with Crippen LogP contribution in [0.15, 0.2) is 22.8 Å². The molecule has 0 spiro atoms. The molecule has 21 heavy (non-hydrogen) atoms. The van der Waals surface area contributed by atoms with Crippen LogP contribution in [0.25, 0.3) is 0 Å². The average Bonchev–Trinajstić information content (AvgIpc) is 2.41. The number of carbonyl (C=O) groups excluding carboxylic acids is 1. The van der Waals surface area contributed by atoms with Crippen LogP contribution in [0.2, 0.25) is 0 Å². The molecule has 4 nitrogen and oxygen atoms in total. The molecule has 0 saturated carbocycles. The first kappa shape index (κ1) is 15.6. The topological polar surface area (TPSA) is 54.9 Å². The van der Waals surface area contributed by atoms with Gasteiger partial charge in [0.1, 0.15) is 5.82 Å². The first-order chi connectivity index (χ1) is 9.92. The van der Waals surface area contributed by atoms with Gasteiger partial charge in [0.15, 0.2) is 0 Å². The predicted molar refractivity (Wildman–Crippen MR) is 87.7 cm³/mol. The van der Waals surface area contributed by atoms with Crippen molar-refractivity contribution in [1.29, 1.82) is 0 Å². The van der Waals surface area contributed by atoms with Crippen LogP contribution in [0.5, 0.6) is 0 Å². The summed E-state index contributed by atoms with van der Waals surface area (Å²) in [5, 5.41) is 2.99. The van der Waals surface area contributed by atoms with Crippen molar-refractivity contribution in [2.75, 3.05) is 5.32 Å². The number of benzene rings is 1. The van der Waals surface area contributed by atoms with Crippen molar-refractivity contribution >= 4 is 27.5 Å². The maximum Gasteiger partial charge on any atom is 0.259 e. The highest BCUT2D eigenvalue weighted by Gasteiger charge is 2.14. The molecule has 0 aliphatic heterocycles. The third-order valence-electron chi connectivity index (χ3n) is 3.35. The number of hydrogen-bond donors (Lipinski definition) is 1. The fourth-order valence-corrected chi connectivity index (χ4v) is 2.88. The first-order valence-electron chi connectivity index (χ1n) is 6.83. The van der Waals surface area contributed by atoms with Crippen molar-refractivity contribution in [3.8, 4) is 0 Å². The van der Waals surface area contributed by atoms with E-state index in [1.54, 1.807) is 6.20 Å². The van der Waals surface area contributed by atoms with Crippen molar-refractivity contribution in [3.05, 3.63) is 51.0 Å². The lowest BCUT2D eigenvalue weighted by Gasteiger charge is -2.14. The number of nitrogens with one attached hydrogen (secondary N) is 1. The van der Waals surface area contributed by atoms with E-state index in [0.717, 1.165) is 27.7 Å². The zero-order valence-electron chi connectivity index (χ0n) is 12.6. The van der Waals surface area contributed by atoms with Gasteiger partial charge < -0.3 is 5.32 Å². The highest BCUT2D eigenvalue weighted by atomic mass is 79.9. The molecule has 2 rings (SSSR count). The summed E-state index contributed by atoms with van der Waals surface area (Å²) in [7, 11) is 0. The smallest absolute Gasteiger partial charge is 0.259 e. The van der Waals surface area contributed by atoms with Crippen LogP contribution < -0.4 is 5.32 Å². The van der Waals surface area contributed by atoms with Gasteiger partial charge in [-0.3, -0.25) is 4.79 Å². The number of amides is 1. The monoisotopic (exact) mass is 347 g/mol. The summed E-state index contributed by atoms with van der Waals surface area (Å²) in [5.41, 5.74) is 4.18. The molecule has 110 valence electrons. The molecule has 0 aliphatic carbocycles. The van der Waals surface area contributed by atoms with E-state index in [4.69, 9.17) is 0 Å². The van der Waals surface area contributed by atoms with E-state index in [-0.39, 0.29) is 5.91 Å². The van der Waals surface area contributed by atoms with Crippen molar-refractivity contribution in [2.24, 2.45) is 0 Å². The lowest BCUT2D eigenvalue weighted by atomic mass is 10.1. The van der Waals surface area contributed by atoms with E-state index in [9.17, 15) is 4.79 Å². The summed E-state index contributed by atoms with van der Waals surface area (Å²) in [5.74, 6) is 0.491. The van der Waals surface area contributed by atoms with Gasteiger partial charge in [0.05, 0.1) is 11.3 Å². The quantitative estimate of drug-likeness (QED) is 0.913. The van der Waals surface area contributed by atoms with Gasteiger partial charge in [-0.25, -0.2) is 9.97 Å². The second-order valence-corrected chi connectivity index (χ2v) is 5.90. The number of aromatic nitrogens is 2. The van der Waals surface area contributed by atoms with E-state index >= 15 is 0 Å². The second-order valence-electron chi connectivity index (χ2n) is 4.98. The van der Waals surface area contributed by atoms with Crippen LogP contribution in [0.3, 0.4) is 0 Å². The standard InChI is InChI=1S/C16H18BrN3O/c1-5-12-7-13(17)6-9(2)15(12)20-16(21)14-8-18-11(4)19-10(14)3/h6-8H,5H2,1-4H3,(H,20,21). The summed E-state index contributed by atoms with van der Waals surface area (Å²) >= 11 is 3.49. The van der Waals surface area contributed by atoms with Crippen LogP contribution in [-0.4, -0.2) is 15.9 Å². The molecule has 0 unspecified atom stereocenters. The normalized spacial score (nSPS) is 10.5. The van der Waals surface area contributed by atoms with E-state index in [1.807, 2.05) is 32.9 Å². The van der Waals surface area contributed by atoms with Crippen LogP contribution >= 0.6 is 15.9 Å². The highest BCUT2D eigenvalue weighted by Crippen LogP contribution is 2.27. The van der Waals surface area contributed by atoms with Crippen LogP contribution in [-0.2, 0) is 6.42 Å². The third-order valence-corrected chi connectivity index (χ3v) is 3.80. The maximum atomic E-state index is 12.4. The molecule has 0 aliphatic rings. The van der Waals surface area contributed by atoms with Gasteiger partial charge >= 0.3 is 0 Å². The number of carbonyl (C=O) groups is 1. The Morgan fingerprint density at radius 2 is 2.00 bits per heavy atom. The number of hydrogen-bond acceptors (Lipinski definition) is 3. The molecule has 1 aromatic carbocycles. The van der Waals surface area contributed by atoms with Gasteiger partial charge in [-0.2, -0.15) is 0 Å². The average molecular weight is 348 g/mol. The molecular weight excluding hydrogens is 330 g/mol. The molecule has 0 bridgehead atoms. The largest absolute Gasteiger partial charge is 0.321 e. The number of nitrogens with zero attached hydrogens (tertiary/aromatic N) is 2. The molecule has 1 N–H and O–H groups in total. The number of rotatable bonds is 3. The Balaban J connectivity index is 2.36. The molecule has 2 aromatic rings. The maximum absolute atomic E-state index is 12.4. The van der Waals surface area contributed by atoms with Crippen LogP contribution in [0.4, 0.5) is 5.69 Å². The summed E-state index contributed by atoms with van der Waals surface area (Å²) in [4.78, 5) is 20.8. The number of halogens is 1. The van der Waals surface area contributed by atoms with Crippen LogP contribution in [0, 0.1) is 20.8 Å². The Morgan fingerprint density at radius 1 is 1.29 bits per heavy atom. The van der Waals surface area contributed by atoms with Gasteiger partial charge in [0, 0.05) is 16.4 Å². The van der Waals surface area contributed by atoms with Crippen molar-refractivity contribution in [2.45, 2.75) is 34.1 Å². The van der Waals surface area contributed by atoms with Crippen LogP contribution in [0.1, 0.15) is 39.9 Å². The molecule has 1 heterocycles. The van der Waals surface area contributed by atoms with E-state index in [1.165, 1.54) is 0 Å². The molecule has 0 atom stereocenters. The van der Waals surface area contributed by atoms with Gasteiger partial charge in [-0.1, -0.05) is 22.9 Å². The molecular formula is C16H18BrN3O. The Hall–Kier alpha value is -1.75. The Morgan fingerprint density at radius 3 is 2.62 bits per heavy atom. The van der Waals surface area contributed by atoms with Gasteiger partial charge in [-0.05, 0) is 50.5 Å². The Bertz CT molecular complexity index is 698. The second kappa shape index (κ2) is 6.35. The van der Waals surface area contributed by atoms with Gasteiger partial charge in [0.25, 0.3) is 5.91 Å². The fraction of sp³-hybridized carbons (Fsp3) is 0.312. The van der Waals surface area contributed by atoms with Crippen molar-refractivity contribution in [3.63, 3.8) is 0 Å². The molecule has 0 fully saturated rings. The minimum absolute atomic E-state index is 0.173. The van der Waals surface area contributed by atoms with Gasteiger partial charge in [0.2, 0.25) is 0 Å². The molecule has 0 saturated heterocycles. The summed E-state index contributed by atoms with van der Waals surface area (Å²) in [6.07, 6.45) is 2.42. The number of anilines is 1. The molecule has 5 heteroatoms. The first-order valence-corrected chi connectivity index (χ1v) is 7.62. The zero-order chi connectivity index (χ0) is 15.6. The Labute approximate surface area is 133 Å². The lowest BCUT2D eigenvalue weighted by Crippen LogP contribution is -2.17. The van der Waals surface area contributed by atoms with E-state index in [0.29, 0.717) is 17.1 Å².